The molecule has 0 radical (unpaired) electrons. The Kier molecular flexibility index (Phi) is 5.86. The second-order valence-corrected chi connectivity index (χ2v) is 5.00. The van der Waals surface area contributed by atoms with Crippen LogP contribution in [0.3, 0.4) is 0 Å². The average Bonchev–Trinajstić information content (AvgIpc) is 2.39. The summed E-state index contributed by atoms with van der Waals surface area (Å²) in [6.45, 7) is 7.09. The van der Waals surface area contributed by atoms with Crippen LogP contribution in [0, 0.1) is 5.92 Å². The number of ether oxygens (including phenoxy) is 1. The highest BCUT2D eigenvalue weighted by Gasteiger charge is 2.26. The first-order chi connectivity index (χ1) is 8.56. The maximum absolute atomic E-state index is 11.9. The van der Waals surface area contributed by atoms with Gasteiger partial charge in [0.05, 0.1) is 7.11 Å². The van der Waals surface area contributed by atoms with Crippen LogP contribution in [0.5, 0.6) is 0 Å². The third-order valence-corrected chi connectivity index (χ3v) is 3.03. The summed E-state index contributed by atoms with van der Waals surface area (Å²) < 4.78 is 4.89. The first-order valence-corrected chi connectivity index (χ1v) is 6.42. The average molecular weight is 249 g/mol. The Hall–Kier alpha value is -1.35. The Morgan fingerprint density at radius 1 is 1.22 bits per heavy atom. The third kappa shape index (κ3) is 4.15. The van der Waals surface area contributed by atoms with E-state index in [4.69, 9.17) is 4.74 Å². The summed E-state index contributed by atoms with van der Waals surface area (Å²) >= 11 is 0. The molecule has 1 aromatic rings. The molecule has 0 heterocycles. The minimum Gasteiger partial charge on any atom is -0.468 e. The maximum atomic E-state index is 11.9. The van der Waals surface area contributed by atoms with Gasteiger partial charge in [-0.25, -0.2) is 0 Å². The van der Waals surface area contributed by atoms with E-state index in [1.807, 2.05) is 37.3 Å². The summed E-state index contributed by atoms with van der Waals surface area (Å²) in [4.78, 5) is 11.9. The van der Waals surface area contributed by atoms with Crippen LogP contribution in [0.15, 0.2) is 30.3 Å². The topological polar surface area (TPSA) is 38.3 Å². The highest BCUT2D eigenvalue weighted by Crippen LogP contribution is 2.20. The molecule has 0 amide bonds. The van der Waals surface area contributed by atoms with Crippen molar-refractivity contribution in [1.29, 1.82) is 0 Å². The lowest BCUT2D eigenvalue weighted by molar-refractivity contribution is -0.143. The molecule has 2 atom stereocenters. The first kappa shape index (κ1) is 14.7. The van der Waals surface area contributed by atoms with Gasteiger partial charge in [0.25, 0.3) is 0 Å². The summed E-state index contributed by atoms with van der Waals surface area (Å²) in [5.41, 5.74) is 1.14. The number of nitrogens with one attached hydrogen (secondary N) is 1. The number of carbonyl (C=O) groups excluding carboxylic acids is 1. The number of rotatable bonds is 6. The van der Waals surface area contributed by atoms with Gasteiger partial charge in [0, 0.05) is 5.92 Å². The molecule has 18 heavy (non-hydrogen) atoms. The molecule has 0 aliphatic rings. The van der Waals surface area contributed by atoms with Crippen LogP contribution < -0.4 is 5.32 Å². The van der Waals surface area contributed by atoms with Crippen LogP contribution in [0.4, 0.5) is 0 Å². The van der Waals surface area contributed by atoms with E-state index in [2.05, 4.69) is 19.2 Å². The Bertz CT molecular complexity index is 362. The summed E-state index contributed by atoms with van der Waals surface area (Å²) in [5.74, 6) is 0.393. The van der Waals surface area contributed by atoms with Crippen LogP contribution in [0.1, 0.15) is 32.3 Å². The summed E-state index contributed by atoms with van der Waals surface area (Å²) in [7, 11) is 1.43. The molecule has 0 bridgehead atoms. The largest absolute Gasteiger partial charge is 0.468 e. The van der Waals surface area contributed by atoms with E-state index >= 15 is 0 Å². The smallest absolute Gasteiger partial charge is 0.323 e. The van der Waals surface area contributed by atoms with Crippen LogP contribution in [-0.2, 0) is 9.53 Å². The Balaban J connectivity index is 2.79. The van der Waals surface area contributed by atoms with Gasteiger partial charge < -0.3 is 10.1 Å². The van der Waals surface area contributed by atoms with E-state index < -0.39 is 0 Å². The Labute approximate surface area is 110 Å². The molecule has 3 heteroatoms. The Morgan fingerprint density at radius 3 is 2.33 bits per heavy atom. The van der Waals surface area contributed by atoms with E-state index in [0.717, 1.165) is 12.1 Å². The monoisotopic (exact) mass is 249 g/mol. The fourth-order valence-corrected chi connectivity index (χ4v) is 1.90. The predicted molar refractivity (Wildman–Crippen MR) is 73.5 cm³/mol. The summed E-state index contributed by atoms with van der Waals surface area (Å²) in [5, 5.41) is 3.29. The minimum atomic E-state index is -0.292. The number of hydrogen-bond acceptors (Lipinski definition) is 3. The van der Waals surface area contributed by atoms with Gasteiger partial charge in [-0.3, -0.25) is 4.79 Å². The van der Waals surface area contributed by atoms with E-state index in [0.29, 0.717) is 5.92 Å². The molecule has 2 unspecified atom stereocenters. The molecule has 3 nitrogen and oxygen atoms in total. The van der Waals surface area contributed by atoms with Gasteiger partial charge in [0.1, 0.15) is 6.04 Å². The zero-order valence-corrected chi connectivity index (χ0v) is 11.6. The third-order valence-electron chi connectivity index (χ3n) is 3.03. The van der Waals surface area contributed by atoms with Gasteiger partial charge in [-0.15, -0.1) is 0 Å². The maximum Gasteiger partial charge on any atom is 0.323 e. The zero-order valence-electron chi connectivity index (χ0n) is 11.6. The predicted octanol–water partition coefficient (Wildman–Crippen LogP) is 2.58. The molecule has 0 aromatic heterocycles. The lowest BCUT2D eigenvalue weighted by Gasteiger charge is -2.24. The molecule has 0 aliphatic heterocycles. The van der Waals surface area contributed by atoms with E-state index in [9.17, 15) is 4.79 Å². The van der Waals surface area contributed by atoms with Crippen LogP contribution in [-0.4, -0.2) is 25.7 Å². The molecule has 100 valence electrons. The number of esters is 1. The lowest BCUT2D eigenvalue weighted by atomic mass is 9.93. The van der Waals surface area contributed by atoms with Crippen molar-refractivity contribution in [3.63, 3.8) is 0 Å². The van der Waals surface area contributed by atoms with Crippen LogP contribution in [0.25, 0.3) is 0 Å². The van der Waals surface area contributed by atoms with Crippen LogP contribution >= 0.6 is 0 Å². The fraction of sp³-hybridized carbons (Fsp3) is 0.533. The second kappa shape index (κ2) is 7.17. The molecule has 0 saturated carbocycles. The molecule has 1 N–H and O–H groups in total. The molecule has 1 rings (SSSR count). The lowest BCUT2D eigenvalue weighted by Crippen LogP contribution is -2.43. The van der Waals surface area contributed by atoms with Gasteiger partial charge in [-0.2, -0.15) is 0 Å². The molecule has 1 aromatic carbocycles. The van der Waals surface area contributed by atoms with Crippen molar-refractivity contribution < 1.29 is 9.53 Å². The number of hydrogen-bond donors (Lipinski definition) is 1. The highest BCUT2D eigenvalue weighted by molar-refractivity contribution is 5.77. The quantitative estimate of drug-likeness (QED) is 0.787. The van der Waals surface area contributed by atoms with E-state index in [-0.39, 0.29) is 17.9 Å². The van der Waals surface area contributed by atoms with E-state index in [1.165, 1.54) is 7.11 Å². The number of benzene rings is 1. The Morgan fingerprint density at radius 2 is 1.83 bits per heavy atom. The normalized spacial score (nSPS) is 14.3. The fourth-order valence-electron chi connectivity index (χ4n) is 1.90. The highest BCUT2D eigenvalue weighted by atomic mass is 16.5. The molecular formula is C15H23NO2. The standard InChI is InChI=1S/C15H23NO2/c1-11(2)10-16-14(15(17)18-4)12(3)13-8-6-5-7-9-13/h5-9,11-12,14,16H,10H2,1-4H3. The van der Waals surface area contributed by atoms with Crippen molar-refractivity contribution in [2.45, 2.75) is 32.7 Å². The molecule has 0 saturated heterocycles. The van der Waals surface area contributed by atoms with E-state index in [1.54, 1.807) is 0 Å². The van der Waals surface area contributed by atoms with Crippen molar-refractivity contribution in [3.8, 4) is 0 Å². The number of carbonyl (C=O) groups is 1. The zero-order chi connectivity index (χ0) is 13.5. The first-order valence-electron chi connectivity index (χ1n) is 6.42. The molecule has 0 fully saturated rings. The van der Waals surface area contributed by atoms with Gasteiger partial charge >= 0.3 is 5.97 Å². The molecule has 0 aliphatic carbocycles. The van der Waals surface area contributed by atoms with Gasteiger partial charge in [0.2, 0.25) is 0 Å². The van der Waals surface area contributed by atoms with Crippen LogP contribution in [0.2, 0.25) is 0 Å². The van der Waals surface area contributed by atoms with Crippen molar-refractivity contribution in [1.82, 2.24) is 5.32 Å². The minimum absolute atomic E-state index is 0.0948. The molecule has 0 spiro atoms. The van der Waals surface area contributed by atoms with Gasteiger partial charge in [0.15, 0.2) is 0 Å². The SMILES string of the molecule is COC(=O)C(NCC(C)C)C(C)c1ccccc1. The number of methoxy groups -OCH3 is 1. The van der Waals surface area contributed by atoms with Gasteiger partial charge in [-0.05, 0) is 18.0 Å². The summed E-state index contributed by atoms with van der Waals surface area (Å²) in [6, 6.07) is 9.74. The van der Waals surface area contributed by atoms with Crippen molar-refractivity contribution >= 4 is 5.97 Å². The van der Waals surface area contributed by atoms with Crippen molar-refractivity contribution in [3.05, 3.63) is 35.9 Å². The summed E-state index contributed by atoms with van der Waals surface area (Å²) in [6.07, 6.45) is 0. The van der Waals surface area contributed by atoms with Crippen molar-refractivity contribution in [2.24, 2.45) is 5.92 Å². The second-order valence-electron chi connectivity index (χ2n) is 5.00. The van der Waals surface area contributed by atoms with Crippen molar-refractivity contribution in [2.75, 3.05) is 13.7 Å². The molecular weight excluding hydrogens is 226 g/mol. The van der Waals surface area contributed by atoms with Gasteiger partial charge in [-0.1, -0.05) is 51.1 Å².